The fraction of sp³-hybridized carbons (Fsp3) is 0.250. The van der Waals surface area contributed by atoms with Crippen molar-refractivity contribution in [3.8, 4) is 0 Å². The zero-order chi connectivity index (χ0) is 19.9. The quantitative estimate of drug-likeness (QED) is 0.519. The van der Waals surface area contributed by atoms with Crippen LogP contribution in [0.3, 0.4) is 0 Å². The third-order valence-electron chi connectivity index (χ3n) is 3.57. The molecule has 0 atom stereocenters. The van der Waals surface area contributed by atoms with Gasteiger partial charge in [-0.3, -0.25) is 4.79 Å². The van der Waals surface area contributed by atoms with E-state index in [9.17, 15) is 18.4 Å². The highest BCUT2D eigenvalue weighted by molar-refractivity contribution is 7.16. The lowest BCUT2D eigenvalue weighted by atomic mass is 10.3. The number of methoxy groups -OCH3 is 1. The van der Waals surface area contributed by atoms with Crippen LogP contribution in [0.2, 0.25) is 0 Å². The minimum Gasteiger partial charge on any atom is -0.465 e. The van der Waals surface area contributed by atoms with Crippen molar-refractivity contribution in [1.82, 2.24) is 14.6 Å². The Labute approximate surface area is 160 Å². The summed E-state index contributed by atoms with van der Waals surface area (Å²) < 4.78 is 32.8. The number of nitrogens with one attached hydrogen (secondary N) is 1. The number of hydrogen-bond acceptors (Lipinski definition) is 6. The molecular formula is C16H13ClF2N4O3S. The van der Waals surface area contributed by atoms with Crippen LogP contribution < -0.4 is 5.32 Å². The van der Waals surface area contributed by atoms with E-state index in [1.165, 1.54) is 31.4 Å². The van der Waals surface area contributed by atoms with Crippen LogP contribution in [-0.4, -0.2) is 33.6 Å². The number of halogens is 3. The van der Waals surface area contributed by atoms with Crippen LogP contribution in [0.25, 0.3) is 5.65 Å². The van der Waals surface area contributed by atoms with E-state index in [4.69, 9.17) is 11.6 Å². The number of alkyl halides is 3. The number of ether oxygens (including phenoxy) is 1. The summed E-state index contributed by atoms with van der Waals surface area (Å²) in [5.74, 6) is -1.29. The van der Waals surface area contributed by atoms with Crippen molar-refractivity contribution in [3.63, 3.8) is 0 Å². The summed E-state index contributed by atoms with van der Waals surface area (Å²) in [7, 11) is 1.23. The Morgan fingerprint density at radius 2 is 2.00 bits per heavy atom. The molecule has 0 spiro atoms. The summed E-state index contributed by atoms with van der Waals surface area (Å²) in [5.41, 5.74) is -0.221. The average Bonchev–Trinajstić information content (AvgIpc) is 3.15. The Balaban J connectivity index is 1.99. The van der Waals surface area contributed by atoms with Gasteiger partial charge in [0.15, 0.2) is 11.3 Å². The van der Waals surface area contributed by atoms with Crippen molar-refractivity contribution in [2.75, 3.05) is 12.4 Å². The molecule has 0 aliphatic heterocycles. The fourth-order valence-corrected chi connectivity index (χ4v) is 3.48. The molecule has 0 bridgehead atoms. The van der Waals surface area contributed by atoms with Gasteiger partial charge in [-0.1, -0.05) is 0 Å². The van der Waals surface area contributed by atoms with Gasteiger partial charge in [-0.25, -0.2) is 14.3 Å². The summed E-state index contributed by atoms with van der Waals surface area (Å²) >= 11 is 6.30. The van der Waals surface area contributed by atoms with E-state index in [0.717, 1.165) is 15.5 Å². The van der Waals surface area contributed by atoms with E-state index >= 15 is 0 Å². The van der Waals surface area contributed by atoms with Crippen molar-refractivity contribution >= 4 is 45.5 Å². The normalized spacial score (nSPS) is 11.6. The summed E-state index contributed by atoms with van der Waals surface area (Å²) in [6.07, 6.45) is 0. The lowest BCUT2D eigenvalue weighted by molar-refractivity contribution is 0.0602. The second-order valence-electron chi connectivity index (χ2n) is 5.63. The number of carbonyl (C=O) groups excluding carboxylic acids is 2. The first-order chi connectivity index (χ1) is 12.6. The Morgan fingerprint density at radius 3 is 2.63 bits per heavy atom. The third kappa shape index (κ3) is 3.76. The molecule has 0 aromatic carbocycles. The highest BCUT2D eigenvalue weighted by Gasteiger charge is 2.33. The Hall–Kier alpha value is -2.59. The molecule has 0 fully saturated rings. The number of carbonyl (C=O) groups is 2. The van der Waals surface area contributed by atoms with Crippen molar-refractivity contribution in [1.29, 1.82) is 0 Å². The highest BCUT2D eigenvalue weighted by Crippen LogP contribution is 2.33. The first kappa shape index (κ1) is 19.2. The van der Waals surface area contributed by atoms with Crippen LogP contribution in [0.1, 0.15) is 37.1 Å². The number of fused-ring (bicyclic) bond motifs is 1. The van der Waals surface area contributed by atoms with E-state index in [1.54, 1.807) is 13.0 Å². The first-order valence-corrected chi connectivity index (χ1v) is 8.74. The van der Waals surface area contributed by atoms with Gasteiger partial charge in [-0.15, -0.1) is 11.3 Å². The minimum absolute atomic E-state index is 0.0472. The second kappa shape index (κ2) is 6.86. The molecule has 0 radical (unpaired) electrons. The molecule has 142 valence electrons. The Morgan fingerprint density at radius 1 is 1.30 bits per heavy atom. The Bertz CT molecular complexity index is 1060. The van der Waals surface area contributed by atoms with E-state index in [1.807, 2.05) is 0 Å². The molecule has 27 heavy (non-hydrogen) atoms. The molecule has 3 rings (SSSR count). The van der Waals surface area contributed by atoms with Crippen molar-refractivity contribution in [2.24, 2.45) is 0 Å². The molecule has 3 heterocycles. The average molecular weight is 415 g/mol. The lowest BCUT2D eigenvalue weighted by Gasteiger charge is -2.10. The maximum absolute atomic E-state index is 13.6. The third-order valence-corrected chi connectivity index (χ3v) is 4.73. The van der Waals surface area contributed by atoms with E-state index < -0.39 is 23.0 Å². The lowest BCUT2D eigenvalue weighted by Crippen LogP contribution is -2.16. The van der Waals surface area contributed by atoms with Crippen LogP contribution >= 0.6 is 22.9 Å². The standard InChI is InChI=1S/C16H13ClF2N4O3S/c1-7-4-11(16(17,18)19)23-12(20-7)6-10(22-23)13(24)21-14-9(15(25)26-3)5-8(2)27-14/h4-6H,1-3H3,(H,21,24). The number of nitrogens with zero attached hydrogens (tertiary/aromatic N) is 3. The number of aromatic nitrogens is 3. The molecule has 7 nitrogen and oxygen atoms in total. The van der Waals surface area contributed by atoms with Gasteiger partial charge in [-0.05, 0) is 37.6 Å². The van der Waals surface area contributed by atoms with E-state index in [-0.39, 0.29) is 21.9 Å². The predicted molar refractivity (Wildman–Crippen MR) is 95.8 cm³/mol. The fourth-order valence-electron chi connectivity index (χ4n) is 2.45. The first-order valence-electron chi connectivity index (χ1n) is 7.55. The zero-order valence-electron chi connectivity index (χ0n) is 14.3. The molecule has 0 unspecified atom stereocenters. The second-order valence-corrected chi connectivity index (χ2v) is 7.36. The van der Waals surface area contributed by atoms with Crippen LogP contribution in [0.15, 0.2) is 18.2 Å². The van der Waals surface area contributed by atoms with Crippen LogP contribution in [0.5, 0.6) is 0 Å². The largest absolute Gasteiger partial charge is 0.465 e. The Kier molecular flexibility index (Phi) is 4.87. The number of amides is 1. The van der Waals surface area contributed by atoms with Crippen molar-refractivity contribution in [3.05, 3.63) is 45.7 Å². The molecule has 0 aliphatic carbocycles. The van der Waals surface area contributed by atoms with Crippen molar-refractivity contribution in [2.45, 2.75) is 19.2 Å². The molecule has 1 N–H and O–H groups in total. The van der Waals surface area contributed by atoms with Gasteiger partial charge < -0.3 is 10.1 Å². The van der Waals surface area contributed by atoms with Crippen LogP contribution in [-0.2, 0) is 10.1 Å². The minimum atomic E-state index is -3.69. The van der Waals surface area contributed by atoms with Gasteiger partial charge in [-0.2, -0.15) is 13.9 Å². The number of rotatable bonds is 4. The van der Waals surface area contributed by atoms with Crippen LogP contribution in [0.4, 0.5) is 13.8 Å². The maximum Gasteiger partial charge on any atom is 0.364 e. The molecule has 0 aliphatic rings. The van der Waals surface area contributed by atoms with Gasteiger partial charge in [0.25, 0.3) is 5.91 Å². The zero-order valence-corrected chi connectivity index (χ0v) is 15.9. The monoisotopic (exact) mass is 414 g/mol. The molecule has 1 amide bonds. The summed E-state index contributed by atoms with van der Waals surface area (Å²) in [4.78, 5) is 29.2. The molecule has 0 saturated heterocycles. The number of thiophene rings is 1. The molecule has 3 aromatic heterocycles. The van der Waals surface area contributed by atoms with E-state index in [2.05, 4.69) is 20.1 Å². The van der Waals surface area contributed by atoms with Gasteiger partial charge in [0, 0.05) is 16.6 Å². The molecule has 3 aromatic rings. The maximum atomic E-state index is 13.6. The number of hydrogen-bond donors (Lipinski definition) is 1. The predicted octanol–water partition coefficient (Wildman–Crippen LogP) is 3.73. The van der Waals surface area contributed by atoms with Gasteiger partial charge in [0.2, 0.25) is 0 Å². The van der Waals surface area contributed by atoms with E-state index in [0.29, 0.717) is 5.69 Å². The van der Waals surface area contributed by atoms with Gasteiger partial charge in [0.05, 0.1) is 12.7 Å². The topological polar surface area (TPSA) is 85.6 Å². The number of esters is 1. The summed E-state index contributed by atoms with van der Waals surface area (Å²) in [6.45, 7) is 3.29. The molecular weight excluding hydrogens is 402 g/mol. The number of anilines is 1. The van der Waals surface area contributed by atoms with Crippen molar-refractivity contribution < 1.29 is 23.1 Å². The molecule has 11 heteroatoms. The van der Waals surface area contributed by atoms with Crippen LogP contribution in [0, 0.1) is 13.8 Å². The molecule has 0 saturated carbocycles. The number of aryl methyl sites for hydroxylation is 2. The van der Waals surface area contributed by atoms with Gasteiger partial charge >= 0.3 is 11.4 Å². The van der Waals surface area contributed by atoms with Gasteiger partial charge in [0.1, 0.15) is 10.7 Å². The SMILES string of the molecule is COC(=O)c1cc(C)sc1NC(=O)c1cc2nc(C)cc(C(F)(F)Cl)n2n1. The summed E-state index contributed by atoms with van der Waals surface area (Å²) in [5, 5.41) is 3.02. The summed E-state index contributed by atoms with van der Waals surface area (Å²) in [6, 6.07) is 3.92. The highest BCUT2D eigenvalue weighted by atomic mass is 35.5. The smallest absolute Gasteiger partial charge is 0.364 e.